The lowest BCUT2D eigenvalue weighted by Gasteiger charge is -2.04. The zero-order valence-electron chi connectivity index (χ0n) is 7.67. The number of rotatable bonds is 4. The number of ether oxygens (including phenoxy) is 1. The van der Waals surface area contributed by atoms with Crippen LogP contribution in [0.25, 0.3) is 0 Å². The van der Waals surface area contributed by atoms with Crippen LogP contribution in [0.3, 0.4) is 0 Å². The minimum atomic E-state index is 0.457. The van der Waals surface area contributed by atoms with Crippen molar-refractivity contribution in [2.45, 2.75) is 13.5 Å². The Kier molecular flexibility index (Phi) is 4.11. The predicted molar refractivity (Wildman–Crippen MR) is 54.6 cm³/mol. The van der Waals surface area contributed by atoms with Gasteiger partial charge in [0.25, 0.3) is 0 Å². The molecule has 0 aliphatic heterocycles. The normalized spacial score (nSPS) is 10.1. The van der Waals surface area contributed by atoms with E-state index in [1.807, 2.05) is 14.0 Å². The van der Waals surface area contributed by atoms with Crippen LogP contribution >= 0.6 is 15.9 Å². The Morgan fingerprint density at radius 1 is 1.62 bits per heavy atom. The van der Waals surface area contributed by atoms with Crippen LogP contribution in [0.2, 0.25) is 0 Å². The summed E-state index contributed by atoms with van der Waals surface area (Å²) >= 11 is 3.33. The summed E-state index contributed by atoms with van der Waals surface area (Å²) in [5, 5.41) is 2.96. The molecule has 0 aromatic carbocycles. The second-order valence-electron chi connectivity index (χ2n) is 2.37. The van der Waals surface area contributed by atoms with E-state index in [-0.39, 0.29) is 0 Å². The third-order valence-electron chi connectivity index (χ3n) is 1.47. The number of nitrogens with zero attached hydrogens (tertiary/aromatic N) is 2. The zero-order valence-corrected chi connectivity index (χ0v) is 9.26. The largest absolute Gasteiger partial charge is 0.374 e. The molecule has 0 saturated carbocycles. The van der Waals surface area contributed by atoms with Crippen molar-refractivity contribution in [3.8, 4) is 0 Å². The van der Waals surface area contributed by atoms with E-state index in [9.17, 15) is 0 Å². The summed E-state index contributed by atoms with van der Waals surface area (Å²) in [6.45, 7) is 3.07. The first-order chi connectivity index (χ1) is 6.27. The average Bonchev–Trinajstić information content (AvgIpc) is 2.16. The maximum absolute atomic E-state index is 5.19. The van der Waals surface area contributed by atoms with Crippen molar-refractivity contribution in [2.75, 3.05) is 19.0 Å². The molecular formula is C8H12BrN3O. The SMILES string of the molecule is CCOCc1ncc(Br)c(NC)n1. The highest BCUT2D eigenvalue weighted by molar-refractivity contribution is 9.10. The molecule has 1 heterocycles. The van der Waals surface area contributed by atoms with Gasteiger partial charge in [-0.1, -0.05) is 0 Å². The van der Waals surface area contributed by atoms with E-state index in [4.69, 9.17) is 4.74 Å². The Hall–Kier alpha value is -0.680. The van der Waals surface area contributed by atoms with Crippen molar-refractivity contribution in [3.05, 3.63) is 16.5 Å². The summed E-state index contributed by atoms with van der Waals surface area (Å²) in [5.41, 5.74) is 0. The van der Waals surface area contributed by atoms with Gasteiger partial charge in [0.1, 0.15) is 12.4 Å². The smallest absolute Gasteiger partial charge is 0.156 e. The highest BCUT2D eigenvalue weighted by Gasteiger charge is 2.02. The molecule has 0 fully saturated rings. The summed E-state index contributed by atoms with van der Waals surface area (Å²) < 4.78 is 6.05. The van der Waals surface area contributed by atoms with E-state index >= 15 is 0 Å². The summed E-state index contributed by atoms with van der Waals surface area (Å²) in [6.07, 6.45) is 1.72. The van der Waals surface area contributed by atoms with Gasteiger partial charge in [0.05, 0.1) is 4.47 Å². The quantitative estimate of drug-likeness (QED) is 0.880. The molecule has 0 saturated heterocycles. The molecule has 0 aliphatic rings. The number of hydrogen-bond acceptors (Lipinski definition) is 4. The number of hydrogen-bond donors (Lipinski definition) is 1. The molecule has 72 valence electrons. The van der Waals surface area contributed by atoms with Gasteiger partial charge >= 0.3 is 0 Å². The van der Waals surface area contributed by atoms with E-state index in [2.05, 4.69) is 31.2 Å². The average molecular weight is 246 g/mol. The van der Waals surface area contributed by atoms with Gasteiger partial charge in [0, 0.05) is 19.9 Å². The van der Waals surface area contributed by atoms with Crippen molar-refractivity contribution in [2.24, 2.45) is 0 Å². The number of halogens is 1. The van der Waals surface area contributed by atoms with Crippen molar-refractivity contribution in [1.29, 1.82) is 0 Å². The minimum Gasteiger partial charge on any atom is -0.374 e. The summed E-state index contributed by atoms with van der Waals surface area (Å²) in [7, 11) is 1.82. The van der Waals surface area contributed by atoms with Gasteiger partial charge in [-0.3, -0.25) is 0 Å². The van der Waals surface area contributed by atoms with Crippen LogP contribution in [0.15, 0.2) is 10.7 Å². The molecular weight excluding hydrogens is 234 g/mol. The Labute approximate surface area is 85.9 Å². The fourth-order valence-electron chi connectivity index (χ4n) is 0.842. The van der Waals surface area contributed by atoms with Crippen molar-refractivity contribution < 1.29 is 4.74 Å². The second kappa shape index (κ2) is 5.14. The van der Waals surface area contributed by atoms with Crippen LogP contribution in [-0.4, -0.2) is 23.6 Å². The van der Waals surface area contributed by atoms with E-state index < -0.39 is 0 Å². The van der Waals surface area contributed by atoms with Gasteiger partial charge in [-0.15, -0.1) is 0 Å². The van der Waals surface area contributed by atoms with Crippen molar-refractivity contribution in [1.82, 2.24) is 9.97 Å². The molecule has 0 atom stereocenters. The standard InChI is InChI=1S/C8H12BrN3O/c1-3-13-5-7-11-4-6(9)8(10-2)12-7/h4H,3,5H2,1-2H3,(H,10,11,12). The monoisotopic (exact) mass is 245 g/mol. The summed E-state index contributed by atoms with van der Waals surface area (Å²) in [4.78, 5) is 8.34. The topological polar surface area (TPSA) is 47.0 Å². The molecule has 0 amide bonds. The zero-order chi connectivity index (χ0) is 9.68. The van der Waals surface area contributed by atoms with Gasteiger partial charge in [0.15, 0.2) is 5.82 Å². The number of aromatic nitrogens is 2. The third-order valence-corrected chi connectivity index (χ3v) is 2.05. The van der Waals surface area contributed by atoms with Gasteiger partial charge in [-0.2, -0.15) is 0 Å². The highest BCUT2D eigenvalue weighted by atomic mass is 79.9. The van der Waals surface area contributed by atoms with Gasteiger partial charge < -0.3 is 10.1 Å². The molecule has 1 aromatic rings. The van der Waals surface area contributed by atoms with E-state index in [1.54, 1.807) is 6.20 Å². The predicted octanol–water partition coefficient (Wildman–Crippen LogP) is 1.82. The van der Waals surface area contributed by atoms with Crippen LogP contribution in [0, 0.1) is 0 Å². The lowest BCUT2D eigenvalue weighted by Crippen LogP contribution is -2.02. The highest BCUT2D eigenvalue weighted by Crippen LogP contribution is 2.17. The van der Waals surface area contributed by atoms with Crippen LogP contribution < -0.4 is 5.32 Å². The lowest BCUT2D eigenvalue weighted by atomic mass is 10.5. The Balaban J connectivity index is 2.74. The minimum absolute atomic E-state index is 0.457. The lowest BCUT2D eigenvalue weighted by molar-refractivity contribution is 0.128. The molecule has 13 heavy (non-hydrogen) atoms. The molecule has 0 radical (unpaired) electrons. The molecule has 0 aliphatic carbocycles. The number of nitrogens with one attached hydrogen (secondary N) is 1. The third kappa shape index (κ3) is 2.93. The van der Waals surface area contributed by atoms with Crippen LogP contribution in [-0.2, 0) is 11.3 Å². The maximum Gasteiger partial charge on any atom is 0.156 e. The molecule has 0 bridgehead atoms. The molecule has 1 N–H and O–H groups in total. The Bertz CT molecular complexity index is 280. The van der Waals surface area contributed by atoms with Gasteiger partial charge in [-0.05, 0) is 22.9 Å². The van der Waals surface area contributed by atoms with Crippen LogP contribution in [0.1, 0.15) is 12.7 Å². The van der Waals surface area contributed by atoms with E-state index in [0.717, 1.165) is 10.3 Å². The van der Waals surface area contributed by atoms with E-state index in [1.165, 1.54) is 0 Å². The fraction of sp³-hybridized carbons (Fsp3) is 0.500. The first-order valence-electron chi connectivity index (χ1n) is 4.04. The second-order valence-corrected chi connectivity index (χ2v) is 3.22. The van der Waals surface area contributed by atoms with Crippen LogP contribution in [0.4, 0.5) is 5.82 Å². The first kappa shape index (κ1) is 10.4. The molecule has 0 unspecified atom stereocenters. The van der Waals surface area contributed by atoms with Crippen molar-refractivity contribution in [3.63, 3.8) is 0 Å². The molecule has 4 nitrogen and oxygen atoms in total. The Morgan fingerprint density at radius 3 is 3.00 bits per heavy atom. The van der Waals surface area contributed by atoms with E-state index in [0.29, 0.717) is 19.0 Å². The fourth-order valence-corrected chi connectivity index (χ4v) is 1.23. The first-order valence-corrected chi connectivity index (χ1v) is 4.84. The van der Waals surface area contributed by atoms with Gasteiger partial charge in [-0.25, -0.2) is 9.97 Å². The molecule has 1 rings (SSSR count). The number of anilines is 1. The maximum atomic E-state index is 5.19. The summed E-state index contributed by atoms with van der Waals surface area (Å²) in [6, 6.07) is 0. The Morgan fingerprint density at radius 2 is 2.38 bits per heavy atom. The molecule has 0 spiro atoms. The van der Waals surface area contributed by atoms with Crippen molar-refractivity contribution >= 4 is 21.7 Å². The molecule has 5 heteroatoms. The summed E-state index contributed by atoms with van der Waals surface area (Å²) in [5.74, 6) is 1.47. The molecule has 1 aromatic heterocycles. The van der Waals surface area contributed by atoms with Gasteiger partial charge in [0.2, 0.25) is 0 Å². The van der Waals surface area contributed by atoms with Crippen LogP contribution in [0.5, 0.6) is 0 Å².